The molecule has 0 saturated carbocycles. The van der Waals surface area contributed by atoms with Gasteiger partial charge in [-0.1, -0.05) is 13.8 Å². The van der Waals surface area contributed by atoms with E-state index < -0.39 is 11.5 Å². The highest BCUT2D eigenvalue weighted by atomic mass is 16.3. The lowest BCUT2D eigenvalue weighted by Crippen LogP contribution is -2.32. The van der Waals surface area contributed by atoms with Gasteiger partial charge in [0.2, 0.25) is 0 Å². The Labute approximate surface area is 93.8 Å². The largest absolute Gasteiger partial charge is 0.508 e. The molecular formula is C11H17NO4. The van der Waals surface area contributed by atoms with Crippen molar-refractivity contribution >= 4 is 0 Å². The number of hydrogen-bond donors (Lipinski definition) is 5. The van der Waals surface area contributed by atoms with Crippen LogP contribution in [0.3, 0.4) is 0 Å². The van der Waals surface area contributed by atoms with Crippen LogP contribution >= 0.6 is 0 Å². The third-order valence-corrected chi connectivity index (χ3v) is 2.68. The Morgan fingerprint density at radius 2 is 1.62 bits per heavy atom. The van der Waals surface area contributed by atoms with E-state index in [-0.39, 0.29) is 29.4 Å². The van der Waals surface area contributed by atoms with Crippen molar-refractivity contribution in [2.24, 2.45) is 11.1 Å². The minimum absolute atomic E-state index is 0.122. The predicted molar refractivity (Wildman–Crippen MR) is 59.2 cm³/mol. The number of rotatable bonds is 3. The maximum atomic E-state index is 9.62. The highest BCUT2D eigenvalue weighted by Crippen LogP contribution is 2.42. The molecule has 1 rings (SSSR count). The first kappa shape index (κ1) is 12.6. The van der Waals surface area contributed by atoms with E-state index in [0.29, 0.717) is 0 Å². The van der Waals surface area contributed by atoms with E-state index in [9.17, 15) is 10.2 Å². The molecule has 0 spiro atoms. The number of aliphatic hydroxyl groups excluding tert-OH is 1. The summed E-state index contributed by atoms with van der Waals surface area (Å²) < 4.78 is 0. The van der Waals surface area contributed by atoms with E-state index in [0.717, 1.165) is 12.1 Å². The summed E-state index contributed by atoms with van der Waals surface area (Å²) in [6.07, 6.45) is 0. The van der Waals surface area contributed by atoms with Crippen molar-refractivity contribution < 1.29 is 20.4 Å². The molecule has 5 heteroatoms. The number of aliphatic hydroxyl groups is 1. The van der Waals surface area contributed by atoms with Gasteiger partial charge < -0.3 is 26.2 Å². The van der Waals surface area contributed by atoms with Gasteiger partial charge in [0.05, 0.1) is 5.56 Å². The maximum absolute atomic E-state index is 9.62. The molecule has 1 aromatic carbocycles. The Hall–Kier alpha value is -1.46. The zero-order valence-electron chi connectivity index (χ0n) is 9.31. The van der Waals surface area contributed by atoms with Gasteiger partial charge in [0.15, 0.2) is 0 Å². The number of benzene rings is 1. The van der Waals surface area contributed by atoms with Crippen molar-refractivity contribution in [1.82, 2.24) is 0 Å². The second kappa shape index (κ2) is 4.19. The Bertz CT molecular complexity index is 367. The van der Waals surface area contributed by atoms with Crippen LogP contribution in [0.25, 0.3) is 0 Å². The summed E-state index contributed by atoms with van der Waals surface area (Å²) in [5.41, 5.74) is 5.31. The molecule has 0 radical (unpaired) electrons. The van der Waals surface area contributed by atoms with Gasteiger partial charge in [-0.25, -0.2) is 0 Å². The Kier molecular flexibility index (Phi) is 3.30. The van der Waals surface area contributed by atoms with Gasteiger partial charge in [-0.15, -0.1) is 0 Å². The fourth-order valence-electron chi connectivity index (χ4n) is 1.42. The van der Waals surface area contributed by atoms with E-state index in [2.05, 4.69) is 0 Å². The average Bonchev–Trinajstić information content (AvgIpc) is 2.15. The molecule has 16 heavy (non-hydrogen) atoms. The van der Waals surface area contributed by atoms with Crippen LogP contribution in [0.2, 0.25) is 0 Å². The SMILES string of the molecule is CC(C)(CO)[C@@H](N)c1c(O)cc(O)cc1O. The van der Waals surface area contributed by atoms with Crippen LogP contribution in [-0.2, 0) is 0 Å². The van der Waals surface area contributed by atoms with E-state index in [1.807, 2.05) is 0 Å². The summed E-state index contributed by atoms with van der Waals surface area (Å²) in [6, 6.07) is 1.46. The number of aromatic hydroxyl groups is 3. The summed E-state index contributed by atoms with van der Waals surface area (Å²) in [7, 11) is 0. The zero-order valence-corrected chi connectivity index (χ0v) is 9.31. The predicted octanol–water partition coefficient (Wildman–Crippen LogP) is 0.822. The lowest BCUT2D eigenvalue weighted by atomic mass is 9.81. The Balaban J connectivity index is 3.24. The first-order valence-electron chi connectivity index (χ1n) is 4.91. The van der Waals surface area contributed by atoms with Crippen molar-refractivity contribution in [3.63, 3.8) is 0 Å². The van der Waals surface area contributed by atoms with E-state index >= 15 is 0 Å². The van der Waals surface area contributed by atoms with Gasteiger partial charge in [-0.2, -0.15) is 0 Å². The van der Waals surface area contributed by atoms with Gasteiger partial charge in [-0.3, -0.25) is 0 Å². The number of hydrogen-bond acceptors (Lipinski definition) is 5. The second-order valence-corrected chi connectivity index (χ2v) is 4.52. The smallest absolute Gasteiger partial charge is 0.127 e. The Morgan fingerprint density at radius 3 is 2.00 bits per heavy atom. The van der Waals surface area contributed by atoms with Gasteiger partial charge in [-0.05, 0) is 0 Å². The minimum atomic E-state index is -0.738. The minimum Gasteiger partial charge on any atom is -0.508 e. The molecule has 1 aromatic rings. The molecule has 0 aromatic heterocycles. The topological polar surface area (TPSA) is 107 Å². The average molecular weight is 227 g/mol. The van der Waals surface area contributed by atoms with Crippen LogP contribution in [0, 0.1) is 5.41 Å². The summed E-state index contributed by atoms with van der Waals surface area (Å²) in [5, 5.41) is 37.6. The fraction of sp³-hybridized carbons (Fsp3) is 0.455. The van der Waals surface area contributed by atoms with Crippen LogP contribution < -0.4 is 5.73 Å². The fourth-order valence-corrected chi connectivity index (χ4v) is 1.42. The third-order valence-electron chi connectivity index (χ3n) is 2.68. The summed E-state index contributed by atoms with van der Waals surface area (Å²) in [5.74, 6) is -0.814. The lowest BCUT2D eigenvalue weighted by molar-refractivity contribution is 0.130. The normalized spacial score (nSPS) is 13.8. The molecule has 0 aliphatic rings. The molecule has 0 fully saturated rings. The van der Waals surface area contributed by atoms with Gasteiger partial charge >= 0.3 is 0 Å². The van der Waals surface area contributed by atoms with Crippen molar-refractivity contribution in [2.45, 2.75) is 19.9 Å². The van der Waals surface area contributed by atoms with Crippen LogP contribution in [0.15, 0.2) is 12.1 Å². The standard InChI is InChI=1S/C11H17NO4/c1-11(2,5-13)10(12)9-7(15)3-6(14)4-8(9)16/h3-4,10,13-16H,5,12H2,1-2H3/t10-/m0/s1. The maximum Gasteiger partial charge on any atom is 0.127 e. The summed E-state index contributed by atoms with van der Waals surface area (Å²) >= 11 is 0. The molecule has 0 aliphatic carbocycles. The van der Waals surface area contributed by atoms with Gasteiger partial charge in [0.25, 0.3) is 0 Å². The van der Waals surface area contributed by atoms with Crippen LogP contribution in [0.4, 0.5) is 0 Å². The lowest BCUT2D eigenvalue weighted by Gasteiger charge is -2.30. The van der Waals surface area contributed by atoms with Crippen molar-refractivity contribution in [1.29, 1.82) is 0 Å². The van der Waals surface area contributed by atoms with Crippen LogP contribution in [0.5, 0.6) is 17.2 Å². The van der Waals surface area contributed by atoms with Crippen molar-refractivity contribution in [3.8, 4) is 17.2 Å². The molecule has 1 atom stereocenters. The molecule has 6 N–H and O–H groups in total. The van der Waals surface area contributed by atoms with Crippen molar-refractivity contribution in [3.05, 3.63) is 17.7 Å². The van der Waals surface area contributed by atoms with Crippen molar-refractivity contribution in [2.75, 3.05) is 6.61 Å². The molecule has 0 amide bonds. The first-order chi connectivity index (χ1) is 7.29. The van der Waals surface area contributed by atoms with Gasteiger partial charge in [0.1, 0.15) is 17.2 Å². The molecule has 0 bridgehead atoms. The van der Waals surface area contributed by atoms with E-state index in [1.54, 1.807) is 13.8 Å². The summed E-state index contributed by atoms with van der Waals surface area (Å²) in [4.78, 5) is 0. The van der Waals surface area contributed by atoms with E-state index in [1.165, 1.54) is 0 Å². The molecule has 90 valence electrons. The quantitative estimate of drug-likeness (QED) is 0.525. The first-order valence-corrected chi connectivity index (χ1v) is 4.91. The van der Waals surface area contributed by atoms with E-state index in [4.69, 9.17) is 15.9 Å². The zero-order chi connectivity index (χ0) is 12.5. The molecule has 0 unspecified atom stereocenters. The Morgan fingerprint density at radius 1 is 1.19 bits per heavy atom. The molecule has 0 saturated heterocycles. The van der Waals surface area contributed by atoms with Crippen LogP contribution in [0.1, 0.15) is 25.5 Å². The molecule has 0 aliphatic heterocycles. The number of phenolic OH excluding ortho intramolecular Hbond substituents is 3. The second-order valence-electron chi connectivity index (χ2n) is 4.52. The highest BCUT2D eigenvalue weighted by molar-refractivity contribution is 5.50. The van der Waals surface area contributed by atoms with Gasteiger partial charge in [0, 0.05) is 30.2 Å². The van der Waals surface area contributed by atoms with Crippen LogP contribution in [-0.4, -0.2) is 27.0 Å². The highest BCUT2D eigenvalue weighted by Gasteiger charge is 2.31. The number of nitrogens with two attached hydrogens (primary N) is 1. The summed E-state index contributed by atoms with van der Waals surface area (Å²) in [6.45, 7) is 3.24. The number of phenols is 3. The molecular weight excluding hydrogens is 210 g/mol. The molecule has 5 nitrogen and oxygen atoms in total. The third kappa shape index (κ3) is 2.20. The molecule has 0 heterocycles. The monoisotopic (exact) mass is 227 g/mol.